The number of hydrogen-bond acceptors (Lipinski definition) is 1. The molecule has 1 aromatic heterocycles. The lowest BCUT2D eigenvalue weighted by molar-refractivity contribution is 0.104. The van der Waals surface area contributed by atoms with Crippen molar-refractivity contribution >= 4 is 32.6 Å². The van der Waals surface area contributed by atoms with E-state index in [0.717, 1.165) is 32.1 Å². The Morgan fingerprint density at radius 3 is 2.65 bits per heavy atom. The van der Waals surface area contributed by atoms with Gasteiger partial charge in [-0.1, -0.05) is 40.2 Å². The van der Waals surface area contributed by atoms with Crippen LogP contribution < -0.4 is 0 Å². The second-order valence-corrected chi connectivity index (χ2v) is 5.85. The molecule has 0 bridgehead atoms. The molecular weight excluding hydrogens is 314 g/mol. The molecule has 0 atom stereocenters. The first-order valence-corrected chi connectivity index (χ1v) is 7.25. The Balaban J connectivity index is 2.15. The number of carbonyl (C=O) groups is 1. The smallest absolute Gasteiger partial charge is 0.195 e. The van der Waals surface area contributed by atoms with Gasteiger partial charge in [-0.15, -0.1) is 0 Å². The summed E-state index contributed by atoms with van der Waals surface area (Å²) in [4.78, 5) is 15.9. The van der Waals surface area contributed by atoms with E-state index in [-0.39, 0.29) is 5.78 Å². The van der Waals surface area contributed by atoms with Gasteiger partial charge in [0.05, 0.1) is 0 Å². The van der Waals surface area contributed by atoms with E-state index >= 15 is 0 Å². The van der Waals surface area contributed by atoms with Crippen LogP contribution in [0, 0.1) is 13.8 Å². The van der Waals surface area contributed by atoms with Gasteiger partial charge in [-0.2, -0.15) is 0 Å². The molecule has 0 aliphatic heterocycles. The lowest BCUT2D eigenvalue weighted by Crippen LogP contribution is -2.01. The van der Waals surface area contributed by atoms with Crippen molar-refractivity contribution < 1.29 is 4.79 Å². The molecule has 0 radical (unpaired) electrons. The lowest BCUT2D eigenvalue weighted by atomic mass is 9.99. The standard InChI is InChI=1S/C17H14BrNO/c1-10-6-7-12(8-14(10)18)17(20)13-9-19-15-5-3-4-11(2)16(13)15/h3-9,19H,1-2H3. The van der Waals surface area contributed by atoms with Crippen LogP contribution in [-0.4, -0.2) is 10.8 Å². The molecule has 3 rings (SSSR count). The predicted octanol–water partition coefficient (Wildman–Crippen LogP) is 4.78. The molecule has 0 saturated heterocycles. The lowest BCUT2D eigenvalue weighted by Gasteiger charge is -2.04. The maximum Gasteiger partial charge on any atom is 0.195 e. The van der Waals surface area contributed by atoms with Crippen LogP contribution >= 0.6 is 15.9 Å². The summed E-state index contributed by atoms with van der Waals surface area (Å²) in [7, 11) is 0. The predicted molar refractivity (Wildman–Crippen MR) is 85.3 cm³/mol. The van der Waals surface area contributed by atoms with Gasteiger partial charge in [0.25, 0.3) is 0 Å². The summed E-state index contributed by atoms with van der Waals surface area (Å²) in [5, 5.41) is 1.01. The van der Waals surface area contributed by atoms with Crippen molar-refractivity contribution in [3.63, 3.8) is 0 Å². The molecule has 100 valence electrons. The van der Waals surface area contributed by atoms with E-state index in [4.69, 9.17) is 0 Å². The molecule has 0 fully saturated rings. The van der Waals surface area contributed by atoms with Gasteiger partial charge in [-0.3, -0.25) is 4.79 Å². The Morgan fingerprint density at radius 1 is 1.10 bits per heavy atom. The van der Waals surface area contributed by atoms with Gasteiger partial charge in [0.2, 0.25) is 0 Å². The van der Waals surface area contributed by atoms with Gasteiger partial charge >= 0.3 is 0 Å². The Kier molecular flexibility index (Phi) is 3.22. The number of carbonyl (C=O) groups excluding carboxylic acids is 1. The van der Waals surface area contributed by atoms with Crippen molar-refractivity contribution in [1.82, 2.24) is 4.98 Å². The average molecular weight is 328 g/mol. The van der Waals surface area contributed by atoms with Crippen molar-refractivity contribution in [1.29, 1.82) is 0 Å². The SMILES string of the molecule is Cc1ccc(C(=O)c2c[nH]c3cccc(C)c23)cc1Br. The Hall–Kier alpha value is -1.87. The second-order valence-electron chi connectivity index (χ2n) is 4.99. The molecule has 0 spiro atoms. The van der Waals surface area contributed by atoms with E-state index in [1.54, 1.807) is 6.20 Å². The van der Waals surface area contributed by atoms with Crippen LogP contribution in [0.25, 0.3) is 10.9 Å². The molecule has 0 aliphatic carbocycles. The number of nitrogens with one attached hydrogen (secondary N) is 1. The number of fused-ring (bicyclic) bond motifs is 1. The third-order valence-electron chi connectivity index (χ3n) is 3.59. The molecule has 2 nitrogen and oxygen atoms in total. The topological polar surface area (TPSA) is 32.9 Å². The van der Waals surface area contributed by atoms with E-state index in [0.29, 0.717) is 5.56 Å². The normalized spacial score (nSPS) is 10.9. The van der Waals surface area contributed by atoms with E-state index < -0.39 is 0 Å². The number of hydrogen-bond donors (Lipinski definition) is 1. The monoisotopic (exact) mass is 327 g/mol. The van der Waals surface area contributed by atoms with Gasteiger partial charge in [0.15, 0.2) is 5.78 Å². The molecule has 0 unspecified atom stereocenters. The minimum atomic E-state index is 0.0475. The largest absolute Gasteiger partial charge is 0.360 e. The Morgan fingerprint density at radius 2 is 1.90 bits per heavy atom. The zero-order valence-corrected chi connectivity index (χ0v) is 12.9. The number of H-pyrrole nitrogens is 1. The van der Waals surface area contributed by atoms with E-state index in [2.05, 4.69) is 20.9 Å². The number of aromatic nitrogens is 1. The summed E-state index contributed by atoms with van der Waals surface area (Å²) < 4.78 is 0.958. The first kappa shape index (κ1) is 13.1. The summed E-state index contributed by atoms with van der Waals surface area (Å²) in [6.45, 7) is 4.03. The van der Waals surface area contributed by atoms with Crippen molar-refractivity contribution in [3.8, 4) is 0 Å². The summed E-state index contributed by atoms with van der Waals surface area (Å²) in [5.74, 6) is 0.0475. The average Bonchev–Trinajstić information content (AvgIpc) is 2.86. The highest BCUT2D eigenvalue weighted by atomic mass is 79.9. The van der Waals surface area contributed by atoms with Crippen LogP contribution in [-0.2, 0) is 0 Å². The molecule has 0 aliphatic rings. The first-order valence-electron chi connectivity index (χ1n) is 6.45. The zero-order chi connectivity index (χ0) is 14.3. The minimum absolute atomic E-state index is 0.0475. The van der Waals surface area contributed by atoms with Gasteiger partial charge in [-0.05, 0) is 37.1 Å². The maximum atomic E-state index is 12.7. The van der Waals surface area contributed by atoms with Crippen LogP contribution in [0.4, 0.5) is 0 Å². The Labute approximate surface area is 126 Å². The summed E-state index contributed by atoms with van der Waals surface area (Å²) >= 11 is 3.48. The minimum Gasteiger partial charge on any atom is -0.360 e. The zero-order valence-electron chi connectivity index (χ0n) is 11.3. The number of aromatic amines is 1. The van der Waals surface area contributed by atoms with Crippen LogP contribution in [0.3, 0.4) is 0 Å². The number of ketones is 1. The Bertz CT molecular complexity index is 817. The fourth-order valence-corrected chi connectivity index (χ4v) is 2.82. The van der Waals surface area contributed by atoms with Gasteiger partial charge < -0.3 is 4.98 Å². The highest BCUT2D eigenvalue weighted by Gasteiger charge is 2.16. The van der Waals surface area contributed by atoms with Gasteiger partial charge in [-0.25, -0.2) is 0 Å². The number of aryl methyl sites for hydroxylation is 2. The molecule has 0 amide bonds. The fourth-order valence-electron chi connectivity index (χ4n) is 2.44. The highest BCUT2D eigenvalue weighted by Crippen LogP contribution is 2.26. The van der Waals surface area contributed by atoms with Crippen molar-refractivity contribution in [2.24, 2.45) is 0 Å². The van der Waals surface area contributed by atoms with E-state index in [1.807, 2.05) is 50.2 Å². The van der Waals surface area contributed by atoms with Crippen LogP contribution in [0.15, 0.2) is 47.1 Å². The third-order valence-corrected chi connectivity index (χ3v) is 4.45. The van der Waals surface area contributed by atoms with Crippen molar-refractivity contribution in [2.45, 2.75) is 13.8 Å². The molecule has 1 heterocycles. The second kappa shape index (κ2) is 4.91. The number of benzene rings is 2. The summed E-state index contributed by atoms with van der Waals surface area (Å²) in [5.41, 5.74) is 4.66. The van der Waals surface area contributed by atoms with Crippen LogP contribution in [0.1, 0.15) is 27.0 Å². The summed E-state index contributed by atoms with van der Waals surface area (Å²) in [6.07, 6.45) is 1.80. The third kappa shape index (κ3) is 2.08. The van der Waals surface area contributed by atoms with Gasteiger partial charge in [0, 0.05) is 32.7 Å². The molecule has 3 heteroatoms. The van der Waals surface area contributed by atoms with E-state index in [1.165, 1.54) is 0 Å². The fraction of sp³-hybridized carbons (Fsp3) is 0.118. The van der Waals surface area contributed by atoms with Crippen LogP contribution in [0.5, 0.6) is 0 Å². The molecule has 2 aromatic carbocycles. The number of halogens is 1. The number of rotatable bonds is 2. The van der Waals surface area contributed by atoms with Crippen LogP contribution in [0.2, 0.25) is 0 Å². The summed E-state index contributed by atoms with van der Waals surface area (Å²) in [6, 6.07) is 11.7. The van der Waals surface area contributed by atoms with E-state index in [9.17, 15) is 4.79 Å². The maximum absolute atomic E-state index is 12.7. The van der Waals surface area contributed by atoms with Crippen molar-refractivity contribution in [2.75, 3.05) is 0 Å². The molecular formula is C17H14BrNO. The molecule has 20 heavy (non-hydrogen) atoms. The molecule has 1 N–H and O–H groups in total. The van der Waals surface area contributed by atoms with Gasteiger partial charge in [0.1, 0.15) is 0 Å². The highest BCUT2D eigenvalue weighted by molar-refractivity contribution is 9.10. The molecule has 3 aromatic rings. The van der Waals surface area contributed by atoms with Crippen molar-refractivity contribution in [3.05, 3.63) is 69.3 Å². The molecule has 0 saturated carbocycles. The first-order chi connectivity index (χ1) is 9.58. The quantitative estimate of drug-likeness (QED) is 0.675.